The number of ether oxygens (including phenoxy) is 1. The zero-order chi connectivity index (χ0) is 17.4. The number of rotatable bonds is 8. The summed E-state index contributed by atoms with van der Waals surface area (Å²) in [6.45, 7) is 7.56. The molecule has 0 radical (unpaired) electrons. The van der Waals surface area contributed by atoms with Gasteiger partial charge in [0, 0.05) is 42.2 Å². The van der Waals surface area contributed by atoms with Crippen molar-refractivity contribution in [1.82, 2.24) is 10.2 Å². The maximum Gasteiger partial charge on any atom is 0.222 e. The number of thioether (sulfide) groups is 1. The maximum absolute atomic E-state index is 12.0. The van der Waals surface area contributed by atoms with Crippen molar-refractivity contribution in [1.29, 1.82) is 0 Å². The molecule has 24 heavy (non-hydrogen) atoms. The zero-order valence-corrected chi connectivity index (χ0v) is 16.0. The van der Waals surface area contributed by atoms with Crippen molar-refractivity contribution < 1.29 is 9.53 Å². The van der Waals surface area contributed by atoms with Gasteiger partial charge >= 0.3 is 0 Å². The topological polar surface area (TPSA) is 41.6 Å². The van der Waals surface area contributed by atoms with Crippen molar-refractivity contribution in [3.63, 3.8) is 0 Å². The summed E-state index contributed by atoms with van der Waals surface area (Å²) in [6, 6.07) is 8.39. The second-order valence-corrected chi connectivity index (χ2v) is 7.86. The highest BCUT2D eigenvalue weighted by molar-refractivity contribution is 7.98. The lowest BCUT2D eigenvalue weighted by Crippen LogP contribution is -2.47. The van der Waals surface area contributed by atoms with Crippen molar-refractivity contribution in [3.05, 3.63) is 34.9 Å². The molecule has 1 aromatic carbocycles. The number of morpholine rings is 1. The molecule has 0 aliphatic carbocycles. The average Bonchev–Trinajstić information content (AvgIpc) is 2.55. The normalized spacial score (nSPS) is 18.8. The van der Waals surface area contributed by atoms with Crippen LogP contribution in [-0.4, -0.2) is 54.9 Å². The van der Waals surface area contributed by atoms with Crippen molar-refractivity contribution >= 4 is 29.3 Å². The summed E-state index contributed by atoms with van der Waals surface area (Å²) in [5.41, 5.74) is 1.21. The average molecular weight is 371 g/mol. The Morgan fingerprint density at radius 3 is 3.08 bits per heavy atom. The number of hydrogen-bond acceptors (Lipinski definition) is 4. The lowest BCUT2D eigenvalue weighted by Gasteiger charge is -2.35. The van der Waals surface area contributed by atoms with E-state index < -0.39 is 0 Å². The van der Waals surface area contributed by atoms with E-state index in [1.807, 2.05) is 18.2 Å². The van der Waals surface area contributed by atoms with Crippen LogP contribution in [0.2, 0.25) is 5.02 Å². The van der Waals surface area contributed by atoms with E-state index in [0.29, 0.717) is 25.6 Å². The summed E-state index contributed by atoms with van der Waals surface area (Å²) in [5, 5.41) is 3.76. The number of nitrogens with one attached hydrogen (secondary N) is 1. The maximum atomic E-state index is 12.0. The number of amides is 1. The molecule has 1 aliphatic rings. The molecule has 1 aliphatic heterocycles. The minimum absolute atomic E-state index is 0.0141. The van der Waals surface area contributed by atoms with Gasteiger partial charge < -0.3 is 10.1 Å². The Balaban J connectivity index is 1.58. The molecular formula is C18H27ClN2O2S. The third kappa shape index (κ3) is 7.01. The fourth-order valence-electron chi connectivity index (χ4n) is 2.69. The summed E-state index contributed by atoms with van der Waals surface area (Å²) in [4.78, 5) is 14.4. The van der Waals surface area contributed by atoms with E-state index in [1.165, 1.54) is 5.56 Å². The monoisotopic (exact) mass is 370 g/mol. The molecule has 1 heterocycles. The Morgan fingerprint density at radius 1 is 1.50 bits per heavy atom. The highest BCUT2D eigenvalue weighted by atomic mass is 35.5. The molecule has 0 bridgehead atoms. The van der Waals surface area contributed by atoms with E-state index in [0.717, 1.165) is 29.6 Å². The summed E-state index contributed by atoms with van der Waals surface area (Å²) < 4.78 is 5.71. The van der Waals surface area contributed by atoms with Gasteiger partial charge in [-0.1, -0.05) is 23.7 Å². The van der Waals surface area contributed by atoms with Gasteiger partial charge in [0.25, 0.3) is 0 Å². The highest BCUT2D eigenvalue weighted by Gasteiger charge is 2.24. The second kappa shape index (κ2) is 10.3. The Kier molecular flexibility index (Phi) is 8.39. The van der Waals surface area contributed by atoms with Gasteiger partial charge in [-0.15, -0.1) is 0 Å². The fraction of sp³-hybridized carbons (Fsp3) is 0.611. The minimum atomic E-state index is 0.0141. The number of carbonyl (C=O) groups is 1. The van der Waals surface area contributed by atoms with Crippen molar-refractivity contribution in [3.8, 4) is 0 Å². The molecule has 1 aromatic rings. The Labute approximate surface area is 154 Å². The lowest BCUT2D eigenvalue weighted by atomic mass is 10.1. The number of carbonyl (C=O) groups excluding carboxylic acids is 1. The van der Waals surface area contributed by atoms with Crippen LogP contribution in [0.4, 0.5) is 0 Å². The van der Waals surface area contributed by atoms with Crippen LogP contribution in [0.15, 0.2) is 24.3 Å². The molecule has 2 rings (SSSR count). The summed E-state index contributed by atoms with van der Waals surface area (Å²) in [7, 11) is 0. The predicted octanol–water partition coefficient (Wildman–Crippen LogP) is 3.19. The first kappa shape index (κ1) is 19.6. The van der Waals surface area contributed by atoms with Gasteiger partial charge in [0.1, 0.15) is 0 Å². The van der Waals surface area contributed by atoms with Gasteiger partial charge in [-0.25, -0.2) is 0 Å². The van der Waals surface area contributed by atoms with E-state index >= 15 is 0 Å². The molecule has 0 saturated carbocycles. The summed E-state index contributed by atoms with van der Waals surface area (Å²) in [6.07, 6.45) is 0.461. The fourth-order valence-corrected chi connectivity index (χ4v) is 3.71. The predicted molar refractivity (Wildman–Crippen MR) is 102 cm³/mol. The first-order valence-electron chi connectivity index (χ1n) is 8.49. The number of halogens is 1. The largest absolute Gasteiger partial charge is 0.375 e. The second-order valence-electron chi connectivity index (χ2n) is 6.32. The third-order valence-corrected chi connectivity index (χ3v) is 5.31. The van der Waals surface area contributed by atoms with Gasteiger partial charge in [0.05, 0.1) is 19.1 Å². The molecule has 0 spiro atoms. The quantitative estimate of drug-likeness (QED) is 0.713. The molecule has 1 unspecified atom stereocenters. The zero-order valence-electron chi connectivity index (χ0n) is 14.5. The van der Waals surface area contributed by atoms with Crippen molar-refractivity contribution in [2.45, 2.75) is 38.2 Å². The Bertz CT molecular complexity index is 527. The molecule has 4 nitrogen and oxygen atoms in total. The third-order valence-electron chi connectivity index (χ3n) is 4.04. The van der Waals surface area contributed by atoms with Crippen LogP contribution in [0.25, 0.3) is 0 Å². The molecule has 1 atom stereocenters. The van der Waals surface area contributed by atoms with E-state index in [9.17, 15) is 4.79 Å². The van der Waals surface area contributed by atoms with Gasteiger partial charge in [-0.2, -0.15) is 11.8 Å². The van der Waals surface area contributed by atoms with Gasteiger partial charge in [-0.05, 0) is 31.5 Å². The minimum Gasteiger partial charge on any atom is -0.375 e. The Morgan fingerprint density at radius 2 is 2.33 bits per heavy atom. The summed E-state index contributed by atoms with van der Waals surface area (Å²) >= 11 is 7.76. The smallest absolute Gasteiger partial charge is 0.222 e. The first-order valence-corrected chi connectivity index (χ1v) is 10.0. The van der Waals surface area contributed by atoms with Gasteiger partial charge in [0.15, 0.2) is 0 Å². The first-order chi connectivity index (χ1) is 11.5. The van der Waals surface area contributed by atoms with Crippen LogP contribution >= 0.6 is 23.4 Å². The standard InChI is InChI=1S/C18H27ClN2O2S/c1-14(2)21-7-8-23-17(12-21)11-18(22)20-6-9-24-13-15-4-3-5-16(19)10-15/h3-5,10,14,17H,6-9,11-13H2,1-2H3,(H,20,22). The molecule has 134 valence electrons. The molecule has 1 amide bonds. The van der Waals surface area contributed by atoms with Crippen LogP contribution < -0.4 is 5.32 Å². The molecule has 1 N–H and O–H groups in total. The van der Waals surface area contributed by atoms with E-state index in [-0.39, 0.29) is 12.0 Å². The van der Waals surface area contributed by atoms with Crippen molar-refractivity contribution in [2.24, 2.45) is 0 Å². The number of benzene rings is 1. The molecule has 1 saturated heterocycles. The molecule has 0 aromatic heterocycles. The van der Waals surface area contributed by atoms with E-state index in [2.05, 4.69) is 30.1 Å². The number of hydrogen-bond donors (Lipinski definition) is 1. The Hall–Kier alpha value is -0.750. The van der Waals surface area contributed by atoms with Crippen LogP contribution in [0.1, 0.15) is 25.8 Å². The van der Waals surface area contributed by atoms with Crippen LogP contribution in [-0.2, 0) is 15.3 Å². The summed E-state index contributed by atoms with van der Waals surface area (Å²) in [5.74, 6) is 1.88. The highest BCUT2D eigenvalue weighted by Crippen LogP contribution is 2.16. The molecular weight excluding hydrogens is 344 g/mol. The van der Waals surface area contributed by atoms with Gasteiger partial charge in [-0.3, -0.25) is 9.69 Å². The van der Waals surface area contributed by atoms with Crippen LogP contribution in [0.5, 0.6) is 0 Å². The number of nitrogens with zero attached hydrogens (tertiary/aromatic N) is 1. The van der Waals surface area contributed by atoms with E-state index in [4.69, 9.17) is 16.3 Å². The molecule has 1 fully saturated rings. The SMILES string of the molecule is CC(C)N1CCOC(CC(=O)NCCSCc2cccc(Cl)c2)C1. The lowest BCUT2D eigenvalue weighted by molar-refractivity contribution is -0.126. The van der Waals surface area contributed by atoms with E-state index in [1.54, 1.807) is 11.8 Å². The van der Waals surface area contributed by atoms with Crippen LogP contribution in [0.3, 0.4) is 0 Å². The molecule has 6 heteroatoms. The van der Waals surface area contributed by atoms with Crippen molar-refractivity contribution in [2.75, 3.05) is 32.0 Å². The van der Waals surface area contributed by atoms with Crippen LogP contribution in [0, 0.1) is 0 Å². The van der Waals surface area contributed by atoms with Gasteiger partial charge in [0.2, 0.25) is 5.91 Å².